The van der Waals surface area contributed by atoms with Crippen LogP contribution in [0.15, 0.2) is 42.7 Å². The minimum Gasteiger partial charge on any atom is -0.494 e. The number of hydrogen-bond donors (Lipinski definition) is 2. The van der Waals surface area contributed by atoms with Gasteiger partial charge in [0, 0.05) is 12.4 Å². The van der Waals surface area contributed by atoms with Crippen LogP contribution < -0.4 is 16.0 Å². The summed E-state index contributed by atoms with van der Waals surface area (Å²) in [4.78, 5) is 3.96. The van der Waals surface area contributed by atoms with Crippen molar-refractivity contribution in [2.75, 3.05) is 7.11 Å². The average Bonchev–Trinajstić information content (AvgIpc) is 2.46. The Labute approximate surface area is 111 Å². The Kier molecular flexibility index (Phi) is 4.43. The van der Waals surface area contributed by atoms with Crippen LogP contribution in [-0.4, -0.2) is 12.1 Å². The summed E-state index contributed by atoms with van der Waals surface area (Å²) in [6, 6.07) is 8.58. The lowest BCUT2D eigenvalue weighted by Crippen LogP contribution is -2.29. The zero-order valence-electron chi connectivity index (χ0n) is 10.6. The van der Waals surface area contributed by atoms with E-state index in [0.29, 0.717) is 6.42 Å². The highest BCUT2D eigenvalue weighted by Gasteiger charge is 2.12. The number of pyridine rings is 1. The van der Waals surface area contributed by atoms with E-state index >= 15 is 0 Å². The number of halogens is 1. The number of ether oxygens (including phenoxy) is 1. The largest absolute Gasteiger partial charge is 0.494 e. The molecule has 100 valence electrons. The highest BCUT2D eigenvalue weighted by molar-refractivity contribution is 5.30. The maximum Gasteiger partial charge on any atom is 0.165 e. The number of methoxy groups -OCH3 is 1. The van der Waals surface area contributed by atoms with E-state index in [1.807, 2.05) is 18.2 Å². The van der Waals surface area contributed by atoms with Crippen molar-refractivity contribution < 1.29 is 9.13 Å². The number of rotatable bonds is 5. The van der Waals surface area contributed by atoms with E-state index in [2.05, 4.69) is 10.4 Å². The molecule has 1 aromatic carbocycles. The third-order valence-corrected chi connectivity index (χ3v) is 2.97. The molecule has 0 saturated carbocycles. The van der Waals surface area contributed by atoms with Crippen molar-refractivity contribution in [2.45, 2.75) is 12.5 Å². The average molecular weight is 261 g/mol. The van der Waals surface area contributed by atoms with Crippen molar-refractivity contribution in [3.8, 4) is 5.75 Å². The lowest BCUT2D eigenvalue weighted by molar-refractivity contribution is 0.386. The van der Waals surface area contributed by atoms with Crippen molar-refractivity contribution in [1.82, 2.24) is 10.4 Å². The molecule has 0 amide bonds. The Morgan fingerprint density at radius 2 is 2.05 bits per heavy atom. The molecule has 3 N–H and O–H groups in total. The normalized spacial score (nSPS) is 12.2. The highest BCUT2D eigenvalue weighted by Crippen LogP contribution is 2.22. The second-order valence-electron chi connectivity index (χ2n) is 4.17. The van der Waals surface area contributed by atoms with Gasteiger partial charge in [0.1, 0.15) is 0 Å². The quantitative estimate of drug-likeness (QED) is 0.638. The molecule has 0 aliphatic heterocycles. The van der Waals surface area contributed by atoms with Crippen molar-refractivity contribution in [2.24, 2.45) is 5.84 Å². The Morgan fingerprint density at radius 3 is 2.63 bits per heavy atom. The monoisotopic (exact) mass is 261 g/mol. The fourth-order valence-electron chi connectivity index (χ4n) is 1.94. The number of nitrogens with one attached hydrogen (secondary N) is 1. The molecular formula is C14H16FN3O. The molecule has 0 aliphatic rings. The first kappa shape index (κ1) is 13.5. The van der Waals surface area contributed by atoms with Crippen LogP contribution in [0, 0.1) is 5.82 Å². The smallest absolute Gasteiger partial charge is 0.165 e. The van der Waals surface area contributed by atoms with Crippen LogP contribution >= 0.6 is 0 Å². The van der Waals surface area contributed by atoms with E-state index in [0.717, 1.165) is 11.1 Å². The van der Waals surface area contributed by atoms with Gasteiger partial charge in [-0.1, -0.05) is 6.07 Å². The molecule has 0 radical (unpaired) electrons. The van der Waals surface area contributed by atoms with Gasteiger partial charge in [0.05, 0.1) is 13.2 Å². The van der Waals surface area contributed by atoms with Crippen LogP contribution in [0.2, 0.25) is 0 Å². The van der Waals surface area contributed by atoms with Gasteiger partial charge < -0.3 is 4.74 Å². The summed E-state index contributed by atoms with van der Waals surface area (Å²) in [6.45, 7) is 0. The van der Waals surface area contributed by atoms with E-state index in [1.165, 1.54) is 13.2 Å². The molecule has 19 heavy (non-hydrogen) atoms. The molecule has 1 aromatic heterocycles. The van der Waals surface area contributed by atoms with Gasteiger partial charge in [0.15, 0.2) is 11.6 Å². The van der Waals surface area contributed by atoms with Crippen molar-refractivity contribution in [3.63, 3.8) is 0 Å². The summed E-state index contributed by atoms with van der Waals surface area (Å²) < 4.78 is 18.5. The Bertz CT molecular complexity index is 533. The Balaban J connectivity index is 2.17. The molecule has 0 bridgehead atoms. The molecule has 0 spiro atoms. The van der Waals surface area contributed by atoms with Gasteiger partial charge >= 0.3 is 0 Å². The lowest BCUT2D eigenvalue weighted by atomic mass is 10.0. The maximum atomic E-state index is 13.6. The lowest BCUT2D eigenvalue weighted by Gasteiger charge is -2.16. The Morgan fingerprint density at radius 1 is 1.32 bits per heavy atom. The van der Waals surface area contributed by atoms with Crippen molar-refractivity contribution in [3.05, 3.63) is 59.7 Å². The molecule has 2 aromatic rings. The maximum absolute atomic E-state index is 13.6. The van der Waals surface area contributed by atoms with Gasteiger partial charge in [-0.3, -0.25) is 16.3 Å². The fraction of sp³-hybridized carbons (Fsp3) is 0.214. The van der Waals surface area contributed by atoms with E-state index < -0.39 is 0 Å². The van der Waals surface area contributed by atoms with Crippen LogP contribution in [0.3, 0.4) is 0 Å². The standard InChI is InChI=1S/C14H16FN3O/c1-19-14-3-2-10(8-12(14)15)9-13(18-16)11-4-6-17-7-5-11/h2-8,13,18H,9,16H2,1H3. The van der Waals surface area contributed by atoms with Crippen LogP contribution in [-0.2, 0) is 6.42 Å². The van der Waals surface area contributed by atoms with Gasteiger partial charge in [-0.05, 0) is 41.8 Å². The Hall–Kier alpha value is -1.98. The van der Waals surface area contributed by atoms with Gasteiger partial charge in [0.2, 0.25) is 0 Å². The second-order valence-corrected chi connectivity index (χ2v) is 4.17. The summed E-state index contributed by atoms with van der Waals surface area (Å²) in [5.41, 5.74) is 4.59. The van der Waals surface area contributed by atoms with E-state index in [4.69, 9.17) is 10.6 Å². The molecule has 4 nitrogen and oxygen atoms in total. The van der Waals surface area contributed by atoms with Gasteiger partial charge in [0.25, 0.3) is 0 Å². The molecule has 1 heterocycles. The molecule has 1 unspecified atom stereocenters. The molecule has 0 saturated heterocycles. The zero-order valence-corrected chi connectivity index (χ0v) is 10.6. The van der Waals surface area contributed by atoms with Crippen LogP contribution in [0.5, 0.6) is 5.75 Å². The first-order chi connectivity index (χ1) is 9.24. The molecule has 5 heteroatoms. The third-order valence-electron chi connectivity index (χ3n) is 2.97. The highest BCUT2D eigenvalue weighted by atomic mass is 19.1. The molecule has 1 atom stereocenters. The van der Waals surface area contributed by atoms with Gasteiger partial charge in [-0.2, -0.15) is 0 Å². The number of aromatic nitrogens is 1. The SMILES string of the molecule is COc1ccc(CC(NN)c2ccncc2)cc1F. The minimum absolute atomic E-state index is 0.0872. The number of nitrogens with two attached hydrogens (primary N) is 1. The third kappa shape index (κ3) is 3.27. The first-order valence-corrected chi connectivity index (χ1v) is 5.93. The molecule has 0 aliphatic carbocycles. The zero-order chi connectivity index (χ0) is 13.7. The number of nitrogens with zero attached hydrogens (tertiary/aromatic N) is 1. The van der Waals surface area contributed by atoms with Gasteiger partial charge in [-0.25, -0.2) is 4.39 Å². The van der Waals surface area contributed by atoms with Crippen molar-refractivity contribution in [1.29, 1.82) is 0 Å². The van der Waals surface area contributed by atoms with E-state index in [9.17, 15) is 4.39 Å². The molecule has 0 fully saturated rings. The second kappa shape index (κ2) is 6.26. The first-order valence-electron chi connectivity index (χ1n) is 5.93. The number of hydrazine groups is 1. The summed E-state index contributed by atoms with van der Waals surface area (Å²) >= 11 is 0. The van der Waals surface area contributed by atoms with Crippen molar-refractivity contribution >= 4 is 0 Å². The van der Waals surface area contributed by atoms with E-state index in [-0.39, 0.29) is 17.6 Å². The van der Waals surface area contributed by atoms with Crippen LogP contribution in [0.1, 0.15) is 17.2 Å². The van der Waals surface area contributed by atoms with Crippen LogP contribution in [0.25, 0.3) is 0 Å². The summed E-state index contributed by atoms with van der Waals surface area (Å²) in [6.07, 6.45) is 3.99. The summed E-state index contributed by atoms with van der Waals surface area (Å²) in [7, 11) is 1.44. The number of hydrogen-bond acceptors (Lipinski definition) is 4. The minimum atomic E-state index is -0.370. The fourth-order valence-corrected chi connectivity index (χ4v) is 1.94. The predicted molar refractivity (Wildman–Crippen MR) is 71.0 cm³/mol. The number of benzene rings is 1. The summed E-state index contributed by atoms with van der Waals surface area (Å²) in [5.74, 6) is 5.43. The van der Waals surface area contributed by atoms with Crippen LogP contribution in [0.4, 0.5) is 4.39 Å². The topological polar surface area (TPSA) is 60.2 Å². The molecule has 2 rings (SSSR count). The van der Waals surface area contributed by atoms with Gasteiger partial charge in [-0.15, -0.1) is 0 Å². The predicted octanol–water partition coefficient (Wildman–Crippen LogP) is 1.98. The summed E-state index contributed by atoms with van der Waals surface area (Å²) in [5, 5.41) is 0. The van der Waals surface area contributed by atoms with E-state index in [1.54, 1.807) is 18.5 Å². The molecular weight excluding hydrogens is 245 g/mol.